The van der Waals surface area contributed by atoms with Crippen LogP contribution < -0.4 is 0 Å². The molecule has 11 nitrogen and oxygen atoms in total. The van der Waals surface area contributed by atoms with Gasteiger partial charge in [-0.1, -0.05) is 167 Å². The van der Waals surface area contributed by atoms with E-state index in [1.165, 1.54) is 70.6 Å². The molecular formula is C53H78O11. The van der Waals surface area contributed by atoms with Crippen LogP contribution in [0.2, 0.25) is 0 Å². The van der Waals surface area contributed by atoms with Gasteiger partial charge in [0.25, 0.3) is 5.97 Å². The molecule has 0 radical (unpaired) electrons. The Bertz CT molecular complexity index is 1830. The van der Waals surface area contributed by atoms with Crippen molar-refractivity contribution in [3.8, 4) is 0 Å². The van der Waals surface area contributed by atoms with Crippen LogP contribution in [0.1, 0.15) is 186 Å². The van der Waals surface area contributed by atoms with E-state index >= 15 is 0 Å². The highest BCUT2D eigenvalue weighted by molar-refractivity contribution is 6.05. The SMILES string of the molecule is C=C(C)C12OC3(CCCCCCCCC)OC1C1C4OC4(COC(=O)CCCCCCCCCCCCCCC)C(O)C4(O)C(=O)C(C)=CC4C1(O3)C(C)C2OC(=O)c1ccccc1. The number of Topliss-reactive ketones (excluding diaryl/α,β-unsaturated/α-hetero) is 1. The molecule has 1 aromatic carbocycles. The molecule has 12 atom stereocenters. The molecule has 3 bridgehead atoms. The number of hydrogen-bond donors (Lipinski definition) is 2. The molecule has 1 aromatic rings. The number of aliphatic hydroxyl groups is 2. The van der Waals surface area contributed by atoms with Crippen LogP contribution in [0.25, 0.3) is 0 Å². The molecule has 2 saturated carbocycles. The first-order valence-corrected chi connectivity index (χ1v) is 25.3. The number of rotatable bonds is 27. The standard InChI is InChI=1S/C53H78O11/c1-7-9-11-13-15-16-17-18-19-20-21-23-28-32-41(54)59-35-49-45(61-49)42-46-52(36(3)4)44(60-47(56)39-30-26-25-27-31-39)38(6)53(42,40-34-37(5)43(55)51(40,58)48(49)57)64-50(62-46,63-52)33-29-24-22-14-12-10-8-2/h25-27,30-31,34,38,40,42,44-46,48,57-58H,3,7-24,28-29,32-33,35H2,1-2,4-6H3. The minimum atomic E-state index is -2.43. The van der Waals surface area contributed by atoms with E-state index in [9.17, 15) is 24.6 Å². The van der Waals surface area contributed by atoms with E-state index in [1.807, 2.05) is 19.9 Å². The predicted octanol–water partition coefficient (Wildman–Crippen LogP) is 10.2. The summed E-state index contributed by atoms with van der Waals surface area (Å²) in [5, 5.41) is 25.5. The number of benzene rings is 1. The Labute approximate surface area is 382 Å². The third-order valence-electron chi connectivity index (χ3n) is 15.8. The van der Waals surface area contributed by atoms with Gasteiger partial charge in [-0.2, -0.15) is 0 Å². The van der Waals surface area contributed by atoms with E-state index in [0.717, 1.165) is 44.9 Å². The maximum atomic E-state index is 14.4. The largest absolute Gasteiger partial charge is 0.462 e. The van der Waals surface area contributed by atoms with E-state index in [0.29, 0.717) is 30.4 Å². The lowest BCUT2D eigenvalue weighted by Crippen LogP contribution is -2.76. The zero-order chi connectivity index (χ0) is 45.8. The van der Waals surface area contributed by atoms with Crippen molar-refractivity contribution >= 4 is 17.7 Å². The molecule has 0 spiro atoms. The van der Waals surface area contributed by atoms with E-state index < -0.39 is 88.3 Å². The van der Waals surface area contributed by atoms with Gasteiger partial charge in [-0.3, -0.25) is 9.59 Å². The Morgan fingerprint density at radius 3 is 1.92 bits per heavy atom. The second kappa shape index (κ2) is 20.5. The molecular weight excluding hydrogens is 813 g/mol. The van der Waals surface area contributed by atoms with Crippen LogP contribution in [0.4, 0.5) is 0 Å². The fourth-order valence-electron chi connectivity index (χ4n) is 12.3. The minimum absolute atomic E-state index is 0.211. The lowest BCUT2D eigenvalue weighted by atomic mass is 9.53. The number of hydrogen-bond acceptors (Lipinski definition) is 11. The van der Waals surface area contributed by atoms with Crippen molar-refractivity contribution in [3.05, 3.63) is 59.7 Å². The third-order valence-corrected chi connectivity index (χ3v) is 15.8. The number of esters is 2. The zero-order valence-electron chi connectivity index (χ0n) is 39.5. The van der Waals surface area contributed by atoms with Crippen LogP contribution in [-0.2, 0) is 38.0 Å². The van der Waals surface area contributed by atoms with Gasteiger partial charge in [-0.05, 0) is 50.0 Å². The van der Waals surface area contributed by atoms with Crippen LogP contribution in [0, 0.1) is 17.8 Å². The van der Waals surface area contributed by atoms with Gasteiger partial charge in [-0.15, -0.1) is 0 Å². The van der Waals surface area contributed by atoms with Crippen molar-refractivity contribution in [2.75, 3.05) is 6.61 Å². The monoisotopic (exact) mass is 891 g/mol. The van der Waals surface area contributed by atoms with E-state index in [2.05, 4.69) is 20.4 Å². The maximum absolute atomic E-state index is 14.4. The topological polar surface area (TPSA) is 150 Å². The normalized spacial score (nSPS) is 36.5. The zero-order valence-corrected chi connectivity index (χ0v) is 39.5. The Balaban J connectivity index is 1.11. The lowest BCUT2D eigenvalue weighted by molar-refractivity contribution is -0.431. The highest BCUT2D eigenvalue weighted by Gasteiger charge is 2.90. The molecule has 64 heavy (non-hydrogen) atoms. The minimum Gasteiger partial charge on any atom is -0.462 e. The predicted molar refractivity (Wildman–Crippen MR) is 243 cm³/mol. The molecule has 11 heteroatoms. The molecule has 3 saturated heterocycles. The summed E-state index contributed by atoms with van der Waals surface area (Å²) in [6.07, 6.45) is 20.4. The molecule has 5 fully saturated rings. The highest BCUT2D eigenvalue weighted by atomic mass is 16.9. The summed E-state index contributed by atoms with van der Waals surface area (Å²) >= 11 is 0. The van der Waals surface area contributed by atoms with Gasteiger partial charge in [0.2, 0.25) is 0 Å². The highest BCUT2D eigenvalue weighted by Crippen LogP contribution is 2.73. The Morgan fingerprint density at radius 2 is 1.34 bits per heavy atom. The number of carbonyl (C=O) groups excluding carboxylic acids is 3. The molecule has 7 rings (SSSR count). The first-order valence-electron chi connectivity index (χ1n) is 25.3. The number of ether oxygens (including phenoxy) is 6. The van der Waals surface area contributed by atoms with Crippen molar-refractivity contribution in [2.24, 2.45) is 17.8 Å². The van der Waals surface area contributed by atoms with Crippen LogP contribution >= 0.6 is 0 Å². The van der Waals surface area contributed by atoms with Crippen molar-refractivity contribution < 1.29 is 53.0 Å². The molecule has 0 aromatic heterocycles. The van der Waals surface area contributed by atoms with Crippen LogP contribution in [0.5, 0.6) is 0 Å². The molecule has 3 aliphatic heterocycles. The van der Waals surface area contributed by atoms with E-state index in [4.69, 9.17) is 28.4 Å². The Hall–Kier alpha value is -2.93. The van der Waals surface area contributed by atoms with Gasteiger partial charge >= 0.3 is 11.9 Å². The lowest BCUT2D eigenvalue weighted by Gasteiger charge is -2.61. The van der Waals surface area contributed by atoms with Crippen molar-refractivity contribution in [1.82, 2.24) is 0 Å². The maximum Gasteiger partial charge on any atom is 0.338 e. The van der Waals surface area contributed by atoms with Crippen molar-refractivity contribution in [2.45, 2.75) is 229 Å². The fraction of sp³-hybridized carbons (Fsp3) is 0.755. The number of unbranched alkanes of at least 4 members (excludes halogenated alkanes) is 18. The molecule has 356 valence electrons. The summed E-state index contributed by atoms with van der Waals surface area (Å²) in [5.74, 6) is -5.96. The molecule has 0 amide bonds. The number of epoxide rings is 1. The van der Waals surface area contributed by atoms with Gasteiger partial charge in [-0.25, -0.2) is 4.79 Å². The fourth-order valence-corrected chi connectivity index (χ4v) is 12.3. The average molecular weight is 891 g/mol. The van der Waals surface area contributed by atoms with Crippen molar-refractivity contribution in [1.29, 1.82) is 0 Å². The smallest absolute Gasteiger partial charge is 0.338 e. The summed E-state index contributed by atoms with van der Waals surface area (Å²) in [7, 11) is 0. The van der Waals surface area contributed by atoms with Crippen molar-refractivity contribution in [3.63, 3.8) is 0 Å². The number of carbonyl (C=O) groups is 3. The number of aliphatic hydroxyl groups excluding tert-OH is 1. The second-order valence-corrected chi connectivity index (χ2v) is 20.3. The Kier molecular flexibility index (Phi) is 15.7. The molecule has 12 unspecified atom stereocenters. The van der Waals surface area contributed by atoms with Crippen LogP contribution in [-0.4, -0.2) is 87.3 Å². The Morgan fingerprint density at radius 1 is 0.781 bits per heavy atom. The quantitative estimate of drug-likeness (QED) is 0.0376. The summed E-state index contributed by atoms with van der Waals surface area (Å²) < 4.78 is 40.6. The molecule has 3 heterocycles. The van der Waals surface area contributed by atoms with Crippen LogP contribution in [0.15, 0.2) is 54.1 Å². The second-order valence-electron chi connectivity index (χ2n) is 20.3. The van der Waals surface area contributed by atoms with Gasteiger partial charge in [0, 0.05) is 30.6 Å². The summed E-state index contributed by atoms with van der Waals surface area (Å²) in [6, 6.07) is 8.71. The molecule has 6 aliphatic rings. The molecule has 2 N–H and O–H groups in total. The first kappa shape index (κ1) is 49.0. The van der Waals surface area contributed by atoms with Gasteiger partial charge in [0.1, 0.15) is 31.0 Å². The van der Waals surface area contributed by atoms with Crippen LogP contribution in [0.3, 0.4) is 0 Å². The summed E-state index contributed by atoms with van der Waals surface area (Å²) in [4.78, 5) is 41.8. The van der Waals surface area contributed by atoms with Gasteiger partial charge in [0.15, 0.2) is 22.6 Å². The summed E-state index contributed by atoms with van der Waals surface area (Å²) in [5.41, 5.74) is -5.88. The van der Waals surface area contributed by atoms with Gasteiger partial charge in [0.05, 0.1) is 11.2 Å². The van der Waals surface area contributed by atoms with Gasteiger partial charge < -0.3 is 38.6 Å². The molecule has 3 aliphatic carbocycles. The number of ketones is 1. The van der Waals surface area contributed by atoms with E-state index in [1.54, 1.807) is 37.3 Å². The third kappa shape index (κ3) is 8.84. The first-order chi connectivity index (χ1) is 30.8. The van der Waals surface area contributed by atoms with E-state index in [-0.39, 0.29) is 18.6 Å². The number of fused-ring (bicyclic) bond motifs is 3. The summed E-state index contributed by atoms with van der Waals surface area (Å²) in [6.45, 7) is 13.9. The average Bonchev–Trinajstić information content (AvgIpc) is 3.90.